The van der Waals surface area contributed by atoms with E-state index in [1.165, 1.54) is 0 Å². The number of fused-ring (bicyclic) bond motifs is 1. The quantitative estimate of drug-likeness (QED) is 0.402. The molecule has 0 atom stereocenters. The molecule has 2 aromatic heterocycles. The highest BCUT2D eigenvalue weighted by molar-refractivity contribution is 7.98. The highest BCUT2D eigenvalue weighted by atomic mass is 32.2. The lowest BCUT2D eigenvalue weighted by Crippen LogP contribution is -1.98. The number of para-hydroxylation sites is 1. The zero-order valence-electron chi connectivity index (χ0n) is 10.5. The number of benzene rings is 1. The Labute approximate surface area is 124 Å². The molecule has 0 saturated heterocycles. The highest BCUT2D eigenvalue weighted by Crippen LogP contribution is 2.31. The van der Waals surface area contributed by atoms with Crippen LogP contribution in [-0.2, 0) is 0 Å². The van der Waals surface area contributed by atoms with Crippen molar-refractivity contribution in [3.63, 3.8) is 0 Å². The number of rotatable bonds is 2. The molecule has 0 aliphatic heterocycles. The van der Waals surface area contributed by atoms with Crippen LogP contribution in [0.2, 0.25) is 0 Å². The van der Waals surface area contributed by atoms with Gasteiger partial charge in [0.05, 0.1) is 0 Å². The second kappa shape index (κ2) is 5.03. The van der Waals surface area contributed by atoms with E-state index in [-0.39, 0.29) is 0 Å². The minimum Gasteiger partial charge on any atom is -0.276 e. The summed E-state index contributed by atoms with van der Waals surface area (Å²) in [6.07, 6.45) is 2.02. The van der Waals surface area contributed by atoms with Crippen LogP contribution in [0.15, 0.2) is 35.4 Å². The molecule has 0 spiro atoms. The Hall–Kier alpha value is -1.24. The number of thioether (sulfide) groups is 1. The number of hydrogen-bond donors (Lipinski definition) is 0. The van der Waals surface area contributed by atoms with Crippen molar-refractivity contribution in [1.82, 2.24) is 14.5 Å². The van der Waals surface area contributed by atoms with Gasteiger partial charge in [-0.2, -0.15) is 0 Å². The lowest BCUT2D eigenvalue weighted by atomic mass is 10.3. The average molecular weight is 305 g/mol. The molecule has 1 aromatic carbocycles. The standard InChI is InChI=1S/C13H11N3S3/c1-8-14-11-10(12(15-8)18-2)19-13(17)16(11)9-6-4-3-5-7-9/h3-7H,1-2H3. The fourth-order valence-electron chi connectivity index (χ4n) is 1.93. The molecular weight excluding hydrogens is 294 g/mol. The monoisotopic (exact) mass is 305 g/mol. The van der Waals surface area contributed by atoms with Crippen molar-refractivity contribution in [2.45, 2.75) is 11.9 Å². The molecule has 3 rings (SSSR count). The number of hydrogen-bond acceptors (Lipinski definition) is 5. The number of aromatic nitrogens is 3. The molecule has 19 heavy (non-hydrogen) atoms. The van der Waals surface area contributed by atoms with E-state index in [1.54, 1.807) is 23.1 Å². The van der Waals surface area contributed by atoms with Gasteiger partial charge in [-0.25, -0.2) is 9.97 Å². The van der Waals surface area contributed by atoms with Crippen molar-refractivity contribution in [3.05, 3.63) is 40.1 Å². The van der Waals surface area contributed by atoms with Gasteiger partial charge >= 0.3 is 0 Å². The first-order chi connectivity index (χ1) is 9.20. The van der Waals surface area contributed by atoms with Gasteiger partial charge < -0.3 is 0 Å². The number of aryl methyl sites for hydroxylation is 1. The molecule has 0 unspecified atom stereocenters. The molecule has 0 fully saturated rings. The Balaban J connectivity index is 2.41. The molecule has 0 N–H and O–H groups in total. The maximum atomic E-state index is 5.49. The topological polar surface area (TPSA) is 30.7 Å². The Kier molecular flexibility index (Phi) is 3.38. The van der Waals surface area contributed by atoms with E-state index < -0.39 is 0 Å². The summed E-state index contributed by atoms with van der Waals surface area (Å²) in [4.78, 5) is 9.03. The normalized spacial score (nSPS) is 11.1. The SMILES string of the molecule is CSc1nc(C)nc2c1sc(=S)n2-c1ccccc1. The van der Waals surface area contributed by atoms with E-state index in [4.69, 9.17) is 12.2 Å². The lowest BCUT2D eigenvalue weighted by Gasteiger charge is -2.05. The molecule has 3 aromatic rings. The van der Waals surface area contributed by atoms with Gasteiger partial charge in [-0.3, -0.25) is 4.57 Å². The summed E-state index contributed by atoms with van der Waals surface area (Å²) in [6, 6.07) is 10.1. The van der Waals surface area contributed by atoms with Gasteiger partial charge in [0.2, 0.25) is 0 Å². The first kappa shape index (κ1) is 12.8. The van der Waals surface area contributed by atoms with Gasteiger partial charge in [-0.15, -0.1) is 11.8 Å². The predicted octanol–water partition coefficient (Wildman–Crippen LogP) is 4.24. The molecule has 3 nitrogen and oxygen atoms in total. The van der Waals surface area contributed by atoms with Crippen LogP contribution >= 0.6 is 35.3 Å². The van der Waals surface area contributed by atoms with Crippen LogP contribution in [-0.4, -0.2) is 20.8 Å². The van der Waals surface area contributed by atoms with Gasteiger partial charge in [-0.1, -0.05) is 29.5 Å². The summed E-state index contributed by atoms with van der Waals surface area (Å²) < 4.78 is 3.88. The third-order valence-corrected chi connectivity index (χ3v) is 4.90. The average Bonchev–Trinajstić information content (AvgIpc) is 2.75. The Morgan fingerprint density at radius 2 is 1.95 bits per heavy atom. The van der Waals surface area contributed by atoms with Crippen LogP contribution in [0.5, 0.6) is 0 Å². The van der Waals surface area contributed by atoms with Crippen molar-refractivity contribution in [1.29, 1.82) is 0 Å². The fourth-order valence-corrected chi connectivity index (χ4v) is 4.06. The van der Waals surface area contributed by atoms with E-state index in [9.17, 15) is 0 Å². The summed E-state index contributed by atoms with van der Waals surface area (Å²) in [5, 5.41) is 0.994. The Morgan fingerprint density at radius 3 is 2.63 bits per heavy atom. The minimum atomic E-state index is 0.773. The van der Waals surface area contributed by atoms with Gasteiger partial charge in [0, 0.05) is 5.69 Å². The maximum absolute atomic E-state index is 5.49. The van der Waals surface area contributed by atoms with Crippen LogP contribution in [0.4, 0.5) is 0 Å². The van der Waals surface area contributed by atoms with E-state index in [0.717, 1.165) is 30.8 Å². The summed E-state index contributed by atoms with van der Waals surface area (Å²) in [7, 11) is 0. The molecule has 0 amide bonds. The molecule has 0 radical (unpaired) electrons. The molecule has 0 bridgehead atoms. The van der Waals surface area contributed by atoms with Crippen molar-refractivity contribution in [2.24, 2.45) is 0 Å². The molecule has 96 valence electrons. The Morgan fingerprint density at radius 1 is 1.21 bits per heavy atom. The van der Waals surface area contributed by atoms with E-state index in [0.29, 0.717) is 0 Å². The fraction of sp³-hybridized carbons (Fsp3) is 0.154. The van der Waals surface area contributed by atoms with Crippen molar-refractivity contribution < 1.29 is 0 Å². The van der Waals surface area contributed by atoms with E-state index in [2.05, 4.69) is 9.97 Å². The maximum Gasteiger partial charge on any atom is 0.168 e. The van der Waals surface area contributed by atoms with E-state index >= 15 is 0 Å². The van der Waals surface area contributed by atoms with Gasteiger partial charge in [0.1, 0.15) is 15.6 Å². The lowest BCUT2D eigenvalue weighted by molar-refractivity contribution is 0.979. The zero-order chi connectivity index (χ0) is 13.4. The minimum absolute atomic E-state index is 0.773. The highest BCUT2D eigenvalue weighted by Gasteiger charge is 2.13. The number of thiazole rings is 1. The smallest absolute Gasteiger partial charge is 0.168 e. The van der Waals surface area contributed by atoms with Crippen molar-refractivity contribution in [2.75, 3.05) is 6.26 Å². The summed E-state index contributed by atoms with van der Waals surface area (Å²) in [5.41, 5.74) is 1.95. The first-order valence-corrected chi connectivity index (χ1v) is 8.15. The van der Waals surface area contributed by atoms with Gasteiger partial charge in [-0.05, 0) is 37.5 Å². The van der Waals surface area contributed by atoms with E-state index in [1.807, 2.05) is 48.1 Å². The molecular formula is C13H11N3S3. The zero-order valence-corrected chi connectivity index (χ0v) is 12.9. The van der Waals surface area contributed by atoms with Crippen LogP contribution in [0.1, 0.15) is 5.82 Å². The van der Waals surface area contributed by atoms with Crippen LogP contribution in [0.3, 0.4) is 0 Å². The van der Waals surface area contributed by atoms with Gasteiger partial charge in [0.25, 0.3) is 0 Å². The molecule has 2 heterocycles. The Bertz CT molecular complexity index is 790. The molecule has 6 heteroatoms. The third-order valence-electron chi connectivity index (χ3n) is 2.72. The largest absolute Gasteiger partial charge is 0.276 e. The second-order valence-electron chi connectivity index (χ2n) is 3.97. The molecule has 0 aliphatic rings. The number of nitrogens with zero attached hydrogens (tertiary/aromatic N) is 3. The predicted molar refractivity (Wildman–Crippen MR) is 84.1 cm³/mol. The van der Waals surface area contributed by atoms with Crippen molar-refractivity contribution in [3.8, 4) is 5.69 Å². The van der Waals surface area contributed by atoms with Crippen molar-refractivity contribution >= 4 is 45.7 Å². The van der Waals surface area contributed by atoms with Gasteiger partial charge in [0.15, 0.2) is 9.60 Å². The molecule has 0 saturated carbocycles. The first-order valence-electron chi connectivity index (χ1n) is 5.70. The third kappa shape index (κ3) is 2.20. The van der Waals surface area contributed by atoms with Crippen LogP contribution < -0.4 is 0 Å². The summed E-state index contributed by atoms with van der Waals surface area (Å²) in [6.45, 7) is 1.91. The van der Waals surface area contributed by atoms with Crippen LogP contribution in [0.25, 0.3) is 16.0 Å². The molecule has 0 aliphatic carbocycles. The second-order valence-corrected chi connectivity index (χ2v) is 6.41. The summed E-state index contributed by atoms with van der Waals surface area (Å²) in [5.74, 6) is 0.773. The summed E-state index contributed by atoms with van der Waals surface area (Å²) >= 11 is 8.68. The van der Waals surface area contributed by atoms with Crippen LogP contribution in [0, 0.1) is 10.9 Å².